The highest BCUT2D eigenvalue weighted by atomic mass is 15.1. The smallest absolute Gasteiger partial charge is 0.102 e. The van der Waals surface area contributed by atoms with Gasteiger partial charge >= 0.3 is 0 Å². The molecule has 0 bridgehead atoms. The summed E-state index contributed by atoms with van der Waals surface area (Å²) in [6, 6.07) is 0.536. The molecule has 2 aliphatic rings. The van der Waals surface area contributed by atoms with Gasteiger partial charge in [0.1, 0.15) is 5.82 Å². The van der Waals surface area contributed by atoms with Gasteiger partial charge in [-0.15, -0.1) is 0 Å². The molecule has 1 unspecified atom stereocenters. The quantitative estimate of drug-likeness (QED) is 0.614. The van der Waals surface area contributed by atoms with E-state index in [0.717, 1.165) is 13.0 Å². The summed E-state index contributed by atoms with van der Waals surface area (Å²) in [5.74, 6) is 1.27. The number of nitrogens with one attached hydrogen (secondary N) is 2. The van der Waals surface area contributed by atoms with E-state index in [1.54, 1.807) is 0 Å². The topological polar surface area (TPSA) is 24.1 Å². The van der Waals surface area contributed by atoms with Crippen molar-refractivity contribution in [2.24, 2.45) is 0 Å². The molecule has 0 aromatic carbocycles. The van der Waals surface area contributed by atoms with Crippen LogP contribution in [0.4, 0.5) is 0 Å². The molecular formula is C10H16N2. The maximum absolute atomic E-state index is 3.49. The van der Waals surface area contributed by atoms with Crippen molar-refractivity contribution in [3.05, 3.63) is 23.5 Å². The molecule has 0 amide bonds. The third-order valence-corrected chi connectivity index (χ3v) is 2.55. The summed E-state index contributed by atoms with van der Waals surface area (Å²) in [4.78, 5) is 0. The van der Waals surface area contributed by atoms with Gasteiger partial charge in [0, 0.05) is 12.6 Å². The lowest BCUT2D eigenvalue weighted by atomic mass is 10.0. The molecule has 0 spiro atoms. The summed E-state index contributed by atoms with van der Waals surface area (Å²) in [6.45, 7) is 3.33. The third kappa shape index (κ3) is 1.33. The van der Waals surface area contributed by atoms with Gasteiger partial charge in [0.05, 0.1) is 0 Å². The average molecular weight is 164 g/mol. The Balaban J connectivity index is 2.12. The van der Waals surface area contributed by atoms with E-state index in [0.29, 0.717) is 6.04 Å². The highest BCUT2D eigenvalue weighted by Gasteiger charge is 2.15. The average Bonchev–Trinajstić information content (AvgIpc) is 2.17. The Hall–Kier alpha value is -0.920. The highest BCUT2D eigenvalue weighted by Crippen LogP contribution is 2.18. The van der Waals surface area contributed by atoms with E-state index in [4.69, 9.17) is 0 Å². The van der Waals surface area contributed by atoms with Crippen molar-refractivity contribution in [1.82, 2.24) is 10.6 Å². The summed E-state index contributed by atoms with van der Waals surface area (Å²) >= 11 is 0. The SMILES string of the molecule is CCC1C=CC2=C(NCCC2)N1. The van der Waals surface area contributed by atoms with Crippen LogP contribution < -0.4 is 10.6 Å². The Morgan fingerprint density at radius 1 is 1.58 bits per heavy atom. The van der Waals surface area contributed by atoms with Crippen LogP contribution in [0, 0.1) is 0 Å². The maximum atomic E-state index is 3.49. The summed E-state index contributed by atoms with van der Waals surface area (Å²) in [5.41, 5.74) is 1.45. The molecule has 0 saturated carbocycles. The van der Waals surface area contributed by atoms with Crippen LogP contribution in [0.25, 0.3) is 0 Å². The fraction of sp³-hybridized carbons (Fsp3) is 0.600. The Kier molecular flexibility index (Phi) is 2.07. The molecule has 0 fully saturated rings. The standard InChI is InChI=1S/C10H16N2/c1-2-9-6-5-8-4-3-7-11-10(8)12-9/h5-6,9,11-12H,2-4,7H2,1H3. The molecule has 12 heavy (non-hydrogen) atoms. The minimum absolute atomic E-state index is 0.536. The predicted octanol–water partition coefficient (Wildman–Crippen LogP) is 1.52. The molecule has 2 N–H and O–H groups in total. The summed E-state index contributed by atoms with van der Waals surface area (Å²) in [7, 11) is 0. The zero-order chi connectivity index (χ0) is 8.39. The predicted molar refractivity (Wildman–Crippen MR) is 50.6 cm³/mol. The third-order valence-electron chi connectivity index (χ3n) is 2.55. The lowest BCUT2D eigenvalue weighted by Crippen LogP contribution is -2.39. The van der Waals surface area contributed by atoms with Gasteiger partial charge in [-0.05, 0) is 24.8 Å². The molecule has 0 aliphatic carbocycles. The molecule has 1 atom stereocenters. The van der Waals surface area contributed by atoms with Crippen molar-refractivity contribution in [2.75, 3.05) is 6.54 Å². The second kappa shape index (κ2) is 3.21. The minimum atomic E-state index is 0.536. The van der Waals surface area contributed by atoms with E-state index in [2.05, 4.69) is 29.7 Å². The van der Waals surface area contributed by atoms with E-state index < -0.39 is 0 Å². The number of allylic oxidation sites excluding steroid dienone is 2. The van der Waals surface area contributed by atoms with Crippen LogP contribution in [0.15, 0.2) is 23.5 Å². The van der Waals surface area contributed by atoms with Crippen molar-refractivity contribution < 1.29 is 0 Å². The molecule has 2 aliphatic heterocycles. The first-order valence-electron chi connectivity index (χ1n) is 4.82. The number of dihydropyridines is 1. The monoisotopic (exact) mass is 164 g/mol. The molecule has 2 heteroatoms. The Morgan fingerprint density at radius 3 is 3.33 bits per heavy atom. The molecule has 0 saturated heterocycles. The maximum Gasteiger partial charge on any atom is 0.102 e. The lowest BCUT2D eigenvalue weighted by molar-refractivity contribution is 0.544. The molecule has 0 aromatic heterocycles. The van der Waals surface area contributed by atoms with Gasteiger partial charge < -0.3 is 10.6 Å². The van der Waals surface area contributed by atoms with E-state index in [9.17, 15) is 0 Å². The van der Waals surface area contributed by atoms with Crippen LogP contribution in [0.1, 0.15) is 26.2 Å². The Labute approximate surface area is 73.7 Å². The first kappa shape index (κ1) is 7.71. The van der Waals surface area contributed by atoms with Crippen molar-refractivity contribution in [3.8, 4) is 0 Å². The normalized spacial score (nSPS) is 27.6. The summed E-state index contributed by atoms with van der Waals surface area (Å²) in [6.07, 6.45) is 8.19. The van der Waals surface area contributed by atoms with E-state index in [1.807, 2.05) is 0 Å². The van der Waals surface area contributed by atoms with E-state index >= 15 is 0 Å². The number of rotatable bonds is 1. The molecule has 2 nitrogen and oxygen atoms in total. The minimum Gasteiger partial charge on any atom is -0.372 e. The summed E-state index contributed by atoms with van der Waals surface area (Å²) < 4.78 is 0. The van der Waals surface area contributed by atoms with Crippen LogP contribution in [0.3, 0.4) is 0 Å². The van der Waals surface area contributed by atoms with Gasteiger partial charge in [0.25, 0.3) is 0 Å². The zero-order valence-corrected chi connectivity index (χ0v) is 7.56. The van der Waals surface area contributed by atoms with Crippen molar-refractivity contribution in [2.45, 2.75) is 32.2 Å². The fourth-order valence-electron chi connectivity index (χ4n) is 1.75. The van der Waals surface area contributed by atoms with Gasteiger partial charge in [-0.1, -0.05) is 19.1 Å². The number of hydrogen-bond acceptors (Lipinski definition) is 2. The zero-order valence-electron chi connectivity index (χ0n) is 7.56. The van der Waals surface area contributed by atoms with Crippen LogP contribution in [0.5, 0.6) is 0 Å². The Morgan fingerprint density at radius 2 is 2.50 bits per heavy atom. The van der Waals surface area contributed by atoms with Crippen molar-refractivity contribution >= 4 is 0 Å². The number of hydrogen-bond donors (Lipinski definition) is 2. The lowest BCUT2D eigenvalue weighted by Gasteiger charge is -2.28. The van der Waals surface area contributed by atoms with Gasteiger partial charge in [0.15, 0.2) is 0 Å². The van der Waals surface area contributed by atoms with Gasteiger partial charge in [-0.3, -0.25) is 0 Å². The van der Waals surface area contributed by atoms with Crippen LogP contribution in [-0.4, -0.2) is 12.6 Å². The van der Waals surface area contributed by atoms with Crippen molar-refractivity contribution in [3.63, 3.8) is 0 Å². The molecule has 2 rings (SSSR count). The van der Waals surface area contributed by atoms with Gasteiger partial charge in [-0.25, -0.2) is 0 Å². The first-order valence-corrected chi connectivity index (χ1v) is 4.82. The summed E-state index contributed by atoms with van der Waals surface area (Å²) in [5, 5.41) is 6.89. The van der Waals surface area contributed by atoms with Crippen molar-refractivity contribution in [1.29, 1.82) is 0 Å². The van der Waals surface area contributed by atoms with Crippen LogP contribution >= 0.6 is 0 Å². The molecule has 0 aromatic rings. The second-order valence-corrected chi connectivity index (χ2v) is 3.45. The van der Waals surface area contributed by atoms with E-state index in [-0.39, 0.29) is 0 Å². The molecule has 0 radical (unpaired) electrons. The largest absolute Gasteiger partial charge is 0.372 e. The fourth-order valence-corrected chi connectivity index (χ4v) is 1.75. The van der Waals surface area contributed by atoms with Gasteiger partial charge in [-0.2, -0.15) is 0 Å². The van der Waals surface area contributed by atoms with Gasteiger partial charge in [0.2, 0.25) is 0 Å². The highest BCUT2D eigenvalue weighted by molar-refractivity contribution is 5.31. The molecule has 2 heterocycles. The molecular weight excluding hydrogens is 148 g/mol. The first-order chi connectivity index (χ1) is 5.90. The van der Waals surface area contributed by atoms with E-state index in [1.165, 1.54) is 24.2 Å². The van der Waals surface area contributed by atoms with Crippen LogP contribution in [0.2, 0.25) is 0 Å². The second-order valence-electron chi connectivity index (χ2n) is 3.45. The Bertz CT molecular complexity index is 228. The molecule has 66 valence electrons. The van der Waals surface area contributed by atoms with Crippen LogP contribution in [-0.2, 0) is 0 Å².